The van der Waals surface area contributed by atoms with Crippen molar-refractivity contribution in [3.05, 3.63) is 24.2 Å². The lowest BCUT2D eigenvalue weighted by molar-refractivity contribution is -0.143. The second-order valence-electron chi connectivity index (χ2n) is 16.5. The molecule has 5 heterocycles. The fraction of sp³-hybridized carbons (Fsp3) is 0.750. The maximum Gasteiger partial charge on any atom is 0.343 e. The molecule has 0 radical (unpaired) electrons. The average molecular weight is 783 g/mol. The number of carbonyl (C=O) groups excluding carboxylic acids is 3. The first-order valence-electron chi connectivity index (χ1n) is 20.9. The van der Waals surface area contributed by atoms with Gasteiger partial charge in [0.15, 0.2) is 0 Å². The van der Waals surface area contributed by atoms with Crippen molar-refractivity contribution in [2.24, 2.45) is 30.7 Å². The summed E-state index contributed by atoms with van der Waals surface area (Å²) in [6.45, 7) is 9.57. The molecular formula is C40H63ClN10O4. The van der Waals surface area contributed by atoms with Crippen LogP contribution in [-0.4, -0.2) is 123 Å². The van der Waals surface area contributed by atoms with Gasteiger partial charge in [-0.15, -0.1) is 12.4 Å². The molecule has 15 heteroatoms. The predicted molar refractivity (Wildman–Crippen MR) is 215 cm³/mol. The first kappa shape index (κ1) is 41.2. The highest BCUT2D eigenvalue weighted by Gasteiger charge is 2.37. The number of likely N-dealkylation sites (tertiary alicyclic amines) is 1. The number of piperazine rings is 1. The number of anilines is 3. The third-order valence-electron chi connectivity index (χ3n) is 12.9. The van der Waals surface area contributed by atoms with Crippen LogP contribution >= 0.6 is 12.4 Å². The molecule has 3 aliphatic heterocycles. The zero-order valence-electron chi connectivity index (χ0n) is 32.9. The summed E-state index contributed by atoms with van der Waals surface area (Å²) in [7, 11) is 1.84. The number of aryl methyl sites for hydroxylation is 1. The van der Waals surface area contributed by atoms with Gasteiger partial charge in [0.1, 0.15) is 11.4 Å². The van der Waals surface area contributed by atoms with E-state index >= 15 is 0 Å². The molecule has 304 valence electrons. The molecule has 0 atom stereocenters. The number of amides is 2. The number of halogens is 1. The summed E-state index contributed by atoms with van der Waals surface area (Å²) in [6, 6.07) is 0.658. The standard InChI is InChI=1S/C40H62N10O4.ClH/c1-3-54-39(53)35-26-42-40(45-33-25-43-47(2)27-33)46-36(35)44-32-8-10-34(11-9-32)48-20-22-50(23-21-48)38(52)31-6-4-30(5-7-31)37(51)49-18-14-29(15-19-49)24-28-12-16-41-17-13-28;/h25-32,34,41H,3-24H2,1-2H3,(H2,42,44,45,46);1H. The van der Waals surface area contributed by atoms with Crippen LogP contribution in [0.2, 0.25) is 0 Å². The molecule has 3 saturated heterocycles. The highest BCUT2D eigenvalue weighted by molar-refractivity contribution is 5.94. The number of hydrogen-bond donors (Lipinski definition) is 3. The van der Waals surface area contributed by atoms with E-state index in [9.17, 15) is 14.4 Å². The van der Waals surface area contributed by atoms with Gasteiger partial charge in [-0.1, -0.05) is 0 Å². The van der Waals surface area contributed by atoms with Gasteiger partial charge in [0.25, 0.3) is 0 Å². The minimum absolute atomic E-state index is 0. The topological polar surface area (TPSA) is 150 Å². The van der Waals surface area contributed by atoms with Gasteiger partial charge in [-0.2, -0.15) is 10.1 Å². The Morgan fingerprint density at radius 1 is 0.800 bits per heavy atom. The first-order valence-corrected chi connectivity index (χ1v) is 20.9. The summed E-state index contributed by atoms with van der Waals surface area (Å²) in [5.41, 5.74) is 1.09. The number of piperidine rings is 2. The Morgan fingerprint density at radius 3 is 2.02 bits per heavy atom. The van der Waals surface area contributed by atoms with Crippen molar-refractivity contribution in [3.63, 3.8) is 0 Å². The number of nitrogens with one attached hydrogen (secondary N) is 3. The normalized spacial score (nSPS) is 25.9. The molecule has 2 amide bonds. The average Bonchev–Trinajstić information content (AvgIpc) is 3.62. The molecule has 0 unspecified atom stereocenters. The summed E-state index contributed by atoms with van der Waals surface area (Å²) in [5, 5.41) is 14.4. The highest BCUT2D eigenvalue weighted by atomic mass is 35.5. The van der Waals surface area contributed by atoms with E-state index in [1.165, 1.54) is 25.5 Å². The number of carbonyl (C=O) groups is 3. The van der Waals surface area contributed by atoms with Crippen LogP contribution in [0, 0.1) is 23.7 Å². The van der Waals surface area contributed by atoms with Crippen LogP contribution in [0.4, 0.5) is 17.5 Å². The lowest BCUT2D eigenvalue weighted by atomic mass is 9.79. The number of aromatic nitrogens is 4. The van der Waals surface area contributed by atoms with Gasteiger partial charge in [-0.3, -0.25) is 19.2 Å². The van der Waals surface area contributed by atoms with Crippen LogP contribution in [-0.2, 0) is 21.4 Å². The Kier molecular flexibility index (Phi) is 14.7. The van der Waals surface area contributed by atoms with E-state index in [1.54, 1.807) is 17.8 Å². The summed E-state index contributed by atoms with van der Waals surface area (Å²) in [4.78, 5) is 55.6. The van der Waals surface area contributed by atoms with E-state index in [1.807, 2.05) is 13.2 Å². The Labute approximate surface area is 332 Å². The molecule has 0 aromatic carbocycles. The zero-order chi connectivity index (χ0) is 37.4. The van der Waals surface area contributed by atoms with Crippen molar-refractivity contribution < 1.29 is 19.1 Å². The van der Waals surface area contributed by atoms with Gasteiger partial charge in [0, 0.05) is 82.6 Å². The molecule has 7 rings (SSSR count). The summed E-state index contributed by atoms with van der Waals surface area (Å²) < 4.78 is 6.99. The fourth-order valence-corrected chi connectivity index (χ4v) is 9.69. The molecule has 2 aromatic rings. The van der Waals surface area contributed by atoms with Gasteiger partial charge in [-0.05, 0) is 115 Å². The second-order valence-corrected chi connectivity index (χ2v) is 16.5. The zero-order valence-corrected chi connectivity index (χ0v) is 33.7. The number of hydrogen-bond acceptors (Lipinski definition) is 11. The number of ether oxygens (including phenoxy) is 1. The van der Waals surface area contributed by atoms with Gasteiger partial charge < -0.3 is 30.5 Å². The van der Waals surface area contributed by atoms with Crippen LogP contribution in [0.1, 0.15) is 101 Å². The quantitative estimate of drug-likeness (QED) is 0.269. The molecule has 5 aliphatic rings. The smallest absolute Gasteiger partial charge is 0.343 e. The van der Waals surface area contributed by atoms with Crippen molar-refractivity contribution in [3.8, 4) is 0 Å². The lowest BCUT2D eigenvalue weighted by Gasteiger charge is -2.43. The van der Waals surface area contributed by atoms with E-state index in [2.05, 4.69) is 45.7 Å². The molecule has 2 saturated carbocycles. The molecular weight excluding hydrogens is 720 g/mol. The fourth-order valence-electron chi connectivity index (χ4n) is 9.69. The Morgan fingerprint density at radius 2 is 1.42 bits per heavy atom. The third kappa shape index (κ3) is 10.7. The largest absolute Gasteiger partial charge is 0.462 e. The Bertz CT molecular complexity index is 1550. The summed E-state index contributed by atoms with van der Waals surface area (Å²) in [6.07, 6.45) is 18.7. The number of nitrogens with zero attached hydrogens (tertiary/aromatic N) is 7. The van der Waals surface area contributed by atoms with Crippen LogP contribution < -0.4 is 16.0 Å². The molecule has 0 bridgehead atoms. The summed E-state index contributed by atoms with van der Waals surface area (Å²) in [5.74, 6) is 2.85. The van der Waals surface area contributed by atoms with Crippen LogP contribution in [0.3, 0.4) is 0 Å². The van der Waals surface area contributed by atoms with Gasteiger partial charge in [0.05, 0.1) is 18.5 Å². The van der Waals surface area contributed by atoms with Crippen molar-refractivity contribution >= 4 is 47.6 Å². The molecule has 2 aliphatic carbocycles. The van der Waals surface area contributed by atoms with E-state index in [0.29, 0.717) is 35.2 Å². The van der Waals surface area contributed by atoms with Crippen molar-refractivity contribution in [1.29, 1.82) is 0 Å². The Hall–Kier alpha value is -3.49. The first-order chi connectivity index (χ1) is 26.3. The minimum atomic E-state index is -0.441. The SMILES string of the molecule is CCOC(=O)c1cnc(Nc2cnn(C)c2)nc1NC1CCC(N2CCN(C(=O)C3CCC(C(=O)N4CCC(CC5CCNCC5)CC4)CC3)CC2)CC1.Cl. The van der Waals surface area contributed by atoms with Crippen LogP contribution in [0.15, 0.2) is 18.6 Å². The van der Waals surface area contributed by atoms with E-state index in [0.717, 1.165) is 134 Å². The monoisotopic (exact) mass is 782 g/mol. The molecule has 2 aromatic heterocycles. The maximum absolute atomic E-state index is 13.6. The second kappa shape index (κ2) is 19.6. The van der Waals surface area contributed by atoms with Gasteiger partial charge in [0.2, 0.25) is 17.8 Å². The van der Waals surface area contributed by atoms with Crippen molar-refractivity contribution in [2.75, 3.05) is 69.6 Å². The molecule has 14 nitrogen and oxygen atoms in total. The number of rotatable bonds is 11. The van der Waals surface area contributed by atoms with Crippen LogP contribution in [0.25, 0.3) is 0 Å². The lowest BCUT2D eigenvalue weighted by Crippen LogP contribution is -2.54. The minimum Gasteiger partial charge on any atom is -0.462 e. The predicted octanol–water partition coefficient (Wildman–Crippen LogP) is 4.85. The van der Waals surface area contributed by atoms with Gasteiger partial charge >= 0.3 is 5.97 Å². The van der Waals surface area contributed by atoms with Crippen molar-refractivity contribution in [2.45, 2.75) is 102 Å². The van der Waals surface area contributed by atoms with Crippen LogP contribution in [0.5, 0.6) is 0 Å². The number of esters is 1. The van der Waals surface area contributed by atoms with E-state index in [-0.39, 0.29) is 36.9 Å². The Balaban J connectivity index is 0.00000514. The molecule has 5 fully saturated rings. The third-order valence-corrected chi connectivity index (χ3v) is 12.9. The van der Waals surface area contributed by atoms with Crippen molar-refractivity contribution in [1.82, 2.24) is 39.8 Å². The van der Waals surface area contributed by atoms with E-state index in [4.69, 9.17) is 4.74 Å². The van der Waals surface area contributed by atoms with Gasteiger partial charge in [-0.25, -0.2) is 9.78 Å². The molecule has 0 spiro atoms. The summed E-state index contributed by atoms with van der Waals surface area (Å²) >= 11 is 0. The maximum atomic E-state index is 13.6. The highest BCUT2D eigenvalue weighted by Crippen LogP contribution is 2.35. The molecule has 55 heavy (non-hydrogen) atoms. The molecule has 3 N–H and O–H groups in total. The van der Waals surface area contributed by atoms with E-state index < -0.39 is 5.97 Å².